The second-order valence-corrected chi connectivity index (χ2v) is 8.63. The van der Waals surface area contributed by atoms with Crippen molar-refractivity contribution in [3.8, 4) is 0 Å². The lowest BCUT2D eigenvalue weighted by Crippen LogP contribution is -2.27. The van der Waals surface area contributed by atoms with Crippen LogP contribution in [0.1, 0.15) is 11.1 Å². The van der Waals surface area contributed by atoms with Gasteiger partial charge < -0.3 is 5.32 Å². The molecule has 0 radical (unpaired) electrons. The maximum atomic E-state index is 11.8. The molecule has 0 fully saturated rings. The number of amides is 1. The first kappa shape index (κ1) is 20.8. The molecule has 0 bridgehead atoms. The van der Waals surface area contributed by atoms with E-state index in [1.165, 1.54) is 0 Å². The van der Waals surface area contributed by atoms with Gasteiger partial charge in [-0.2, -0.15) is 11.8 Å². The molecule has 0 aliphatic carbocycles. The number of carbonyl (C=O) groups is 1. The second kappa shape index (κ2) is 11.2. The Labute approximate surface area is 172 Å². The van der Waals surface area contributed by atoms with E-state index in [0.717, 1.165) is 33.4 Å². The standard InChI is InChI=1S/C18H18Cl3NOS2/c19-15-3-1-2-13(8-15)10-25-12-18(23)22-6-7-24-11-14-4-5-16(20)9-17(14)21/h1-5,8-9H,6-7,10-12H2,(H,22,23). The average molecular weight is 435 g/mol. The normalized spacial score (nSPS) is 10.7. The Morgan fingerprint density at radius 1 is 0.960 bits per heavy atom. The van der Waals surface area contributed by atoms with E-state index in [4.69, 9.17) is 34.8 Å². The lowest BCUT2D eigenvalue weighted by Gasteiger charge is -2.07. The van der Waals surface area contributed by atoms with Gasteiger partial charge in [-0.3, -0.25) is 4.79 Å². The lowest BCUT2D eigenvalue weighted by molar-refractivity contribution is -0.118. The maximum Gasteiger partial charge on any atom is 0.230 e. The number of hydrogen-bond acceptors (Lipinski definition) is 3. The fourth-order valence-corrected chi connectivity index (χ4v) is 4.46. The summed E-state index contributed by atoms with van der Waals surface area (Å²) in [5, 5.41) is 4.97. The van der Waals surface area contributed by atoms with E-state index < -0.39 is 0 Å². The van der Waals surface area contributed by atoms with Gasteiger partial charge in [-0.05, 0) is 35.4 Å². The van der Waals surface area contributed by atoms with E-state index in [2.05, 4.69) is 5.32 Å². The summed E-state index contributed by atoms with van der Waals surface area (Å²) in [6.07, 6.45) is 0. The third-order valence-electron chi connectivity index (χ3n) is 3.23. The molecule has 0 unspecified atom stereocenters. The molecule has 25 heavy (non-hydrogen) atoms. The van der Waals surface area contributed by atoms with Crippen LogP contribution in [0.3, 0.4) is 0 Å². The van der Waals surface area contributed by atoms with Gasteiger partial charge in [0, 0.05) is 38.9 Å². The zero-order valence-corrected chi connectivity index (χ0v) is 17.3. The van der Waals surface area contributed by atoms with Crippen LogP contribution in [-0.2, 0) is 16.3 Å². The van der Waals surface area contributed by atoms with Crippen molar-refractivity contribution < 1.29 is 4.79 Å². The van der Waals surface area contributed by atoms with E-state index in [1.807, 2.05) is 36.4 Å². The third-order valence-corrected chi connectivity index (χ3v) is 6.07. The van der Waals surface area contributed by atoms with Crippen molar-refractivity contribution in [3.63, 3.8) is 0 Å². The van der Waals surface area contributed by atoms with Crippen LogP contribution in [0.2, 0.25) is 15.1 Å². The minimum atomic E-state index is 0.0529. The molecule has 1 amide bonds. The van der Waals surface area contributed by atoms with E-state index >= 15 is 0 Å². The van der Waals surface area contributed by atoms with Crippen molar-refractivity contribution in [3.05, 3.63) is 68.7 Å². The van der Waals surface area contributed by atoms with Gasteiger partial charge in [-0.1, -0.05) is 53.0 Å². The van der Waals surface area contributed by atoms with Crippen molar-refractivity contribution in [1.82, 2.24) is 5.32 Å². The van der Waals surface area contributed by atoms with Gasteiger partial charge in [0.1, 0.15) is 0 Å². The number of nitrogens with one attached hydrogen (secondary N) is 1. The Morgan fingerprint density at radius 2 is 1.76 bits per heavy atom. The molecule has 0 aliphatic heterocycles. The Balaban J connectivity index is 1.56. The molecule has 1 N–H and O–H groups in total. The number of rotatable bonds is 9. The van der Waals surface area contributed by atoms with Crippen molar-refractivity contribution in [1.29, 1.82) is 0 Å². The van der Waals surface area contributed by atoms with Crippen LogP contribution < -0.4 is 5.32 Å². The predicted molar refractivity (Wildman–Crippen MR) is 113 cm³/mol. The van der Waals surface area contributed by atoms with Crippen molar-refractivity contribution in [2.45, 2.75) is 11.5 Å². The molecule has 0 aliphatic rings. The third kappa shape index (κ3) is 8.14. The summed E-state index contributed by atoms with van der Waals surface area (Å²) in [5.41, 5.74) is 2.18. The van der Waals surface area contributed by atoms with Gasteiger partial charge >= 0.3 is 0 Å². The Morgan fingerprint density at radius 3 is 2.52 bits per heavy atom. The van der Waals surface area contributed by atoms with Gasteiger partial charge in [0.05, 0.1) is 5.75 Å². The molecule has 0 heterocycles. The van der Waals surface area contributed by atoms with Gasteiger partial charge in [-0.25, -0.2) is 0 Å². The zero-order chi connectivity index (χ0) is 18.1. The summed E-state index contributed by atoms with van der Waals surface area (Å²) >= 11 is 21.3. The van der Waals surface area contributed by atoms with Gasteiger partial charge in [0.2, 0.25) is 5.91 Å². The molecule has 134 valence electrons. The van der Waals surface area contributed by atoms with E-state index in [9.17, 15) is 4.79 Å². The molecular weight excluding hydrogens is 417 g/mol. The summed E-state index contributed by atoms with van der Waals surface area (Å²) in [6, 6.07) is 13.2. The monoisotopic (exact) mass is 433 g/mol. The lowest BCUT2D eigenvalue weighted by atomic mass is 10.2. The molecule has 7 heteroatoms. The smallest absolute Gasteiger partial charge is 0.230 e. The summed E-state index contributed by atoms with van der Waals surface area (Å²) < 4.78 is 0. The van der Waals surface area contributed by atoms with Crippen LogP contribution in [0.25, 0.3) is 0 Å². The topological polar surface area (TPSA) is 29.1 Å². The highest BCUT2D eigenvalue weighted by Crippen LogP contribution is 2.24. The summed E-state index contributed by atoms with van der Waals surface area (Å²) in [6.45, 7) is 0.645. The molecule has 0 atom stereocenters. The predicted octanol–water partition coefficient (Wildman–Crippen LogP) is 5.93. The van der Waals surface area contributed by atoms with Crippen molar-refractivity contribution >= 4 is 64.2 Å². The molecular formula is C18H18Cl3NOS2. The fourth-order valence-electron chi connectivity index (χ4n) is 2.02. The Kier molecular flexibility index (Phi) is 9.35. The molecule has 2 nitrogen and oxygen atoms in total. The first-order valence-corrected chi connectivity index (χ1v) is 11.1. The van der Waals surface area contributed by atoms with Crippen LogP contribution in [0.15, 0.2) is 42.5 Å². The van der Waals surface area contributed by atoms with Gasteiger partial charge in [0.25, 0.3) is 0 Å². The Bertz CT molecular complexity index is 712. The maximum absolute atomic E-state index is 11.8. The van der Waals surface area contributed by atoms with E-state index in [1.54, 1.807) is 29.6 Å². The number of carbonyl (C=O) groups excluding carboxylic acids is 1. The molecule has 0 saturated carbocycles. The summed E-state index contributed by atoms with van der Waals surface area (Å²) in [4.78, 5) is 11.8. The quantitative estimate of drug-likeness (QED) is 0.496. The largest absolute Gasteiger partial charge is 0.355 e. The van der Waals surface area contributed by atoms with Crippen molar-refractivity contribution in [2.24, 2.45) is 0 Å². The summed E-state index contributed by atoms with van der Waals surface area (Å²) in [5.74, 6) is 2.91. The number of thioether (sulfide) groups is 2. The highest BCUT2D eigenvalue weighted by Gasteiger charge is 2.04. The molecule has 2 aromatic rings. The second-order valence-electron chi connectivity index (χ2n) is 5.26. The highest BCUT2D eigenvalue weighted by molar-refractivity contribution is 7.99. The molecule has 0 saturated heterocycles. The molecule has 0 spiro atoms. The number of benzene rings is 2. The highest BCUT2D eigenvalue weighted by atomic mass is 35.5. The first-order chi connectivity index (χ1) is 12.0. The molecule has 0 aromatic heterocycles. The molecule has 2 aromatic carbocycles. The van der Waals surface area contributed by atoms with E-state index in [0.29, 0.717) is 22.3 Å². The van der Waals surface area contributed by atoms with Crippen LogP contribution in [0, 0.1) is 0 Å². The molecule has 2 rings (SSSR count). The van der Waals surface area contributed by atoms with Crippen LogP contribution in [-0.4, -0.2) is 24.0 Å². The van der Waals surface area contributed by atoms with Crippen LogP contribution in [0.5, 0.6) is 0 Å². The first-order valence-electron chi connectivity index (χ1n) is 7.65. The van der Waals surface area contributed by atoms with Gasteiger partial charge in [-0.15, -0.1) is 11.8 Å². The van der Waals surface area contributed by atoms with Crippen LogP contribution >= 0.6 is 58.3 Å². The number of hydrogen-bond donors (Lipinski definition) is 1. The number of halogens is 3. The van der Waals surface area contributed by atoms with Gasteiger partial charge in [0.15, 0.2) is 0 Å². The summed E-state index contributed by atoms with van der Waals surface area (Å²) in [7, 11) is 0. The Hall–Kier alpha value is -0.520. The SMILES string of the molecule is O=C(CSCc1cccc(Cl)c1)NCCSCc1ccc(Cl)cc1Cl. The van der Waals surface area contributed by atoms with E-state index in [-0.39, 0.29) is 5.91 Å². The fraction of sp³-hybridized carbons (Fsp3) is 0.278. The van der Waals surface area contributed by atoms with Crippen molar-refractivity contribution in [2.75, 3.05) is 18.1 Å². The van der Waals surface area contributed by atoms with Crippen LogP contribution in [0.4, 0.5) is 0 Å². The zero-order valence-electron chi connectivity index (χ0n) is 13.4. The average Bonchev–Trinajstić information content (AvgIpc) is 2.56. The minimum absolute atomic E-state index is 0.0529. The minimum Gasteiger partial charge on any atom is -0.355 e.